The van der Waals surface area contributed by atoms with E-state index in [2.05, 4.69) is 48.9 Å². The molecule has 118 heavy (non-hydrogen) atoms. The topological polar surface area (TPSA) is 335 Å². The fraction of sp³-hybridized carbons (Fsp3) is 0.689. The zero-order valence-corrected chi connectivity index (χ0v) is 73.2. The summed E-state index contributed by atoms with van der Waals surface area (Å²) in [5.41, 5.74) is 0. The van der Waals surface area contributed by atoms with E-state index in [1.54, 1.807) is 0 Å². The average Bonchev–Trinajstić information content (AvgIpc) is 0.758. The van der Waals surface area contributed by atoms with E-state index < -0.39 is 217 Å². The van der Waals surface area contributed by atoms with Gasteiger partial charge in [0.05, 0.1) is 52.5 Å². The van der Waals surface area contributed by atoms with Crippen molar-refractivity contribution in [1.29, 1.82) is 0 Å². The third-order valence-electron chi connectivity index (χ3n) is 14.3. The molecule has 0 spiro atoms. The molecular formula is C61H94F19NO29Si8. The lowest BCUT2D eigenvalue weighted by molar-refractivity contribution is -0.434. The van der Waals surface area contributed by atoms with Crippen LogP contribution in [0.15, 0.2) is 75.9 Å². The highest BCUT2D eigenvalue weighted by Gasteiger charge is 2.67. The quantitative estimate of drug-likeness (QED) is 0.0148. The Kier molecular flexibility index (Phi) is 43.9. The van der Waals surface area contributed by atoms with Gasteiger partial charge >= 0.3 is 136 Å². The lowest BCUT2D eigenvalue weighted by Gasteiger charge is -2.47. The molecule has 0 aromatic rings. The van der Waals surface area contributed by atoms with Crippen LogP contribution in [0.2, 0.25) is 64.5 Å². The first-order chi connectivity index (χ1) is 53.7. The average molecular weight is 1890 g/mol. The SMILES string of the molecule is C=CC(=O)OCCO[Si]1(C)O[Si](C)(CCCCC(F)(F)CC(F)(F)CC(F)(F)CC(F)(F)F)O[Si](C)(OCCOC(=O)C=C)O[Si](C)(OCCOC(=O)C=C)O1.C=CC(=O)OCCO[Si]1(C)O[Si](C)(CCCNC(=O)C(C)(F)OCC(F)(OC(F)(F)CC(F)(F)F)C(F)(F)F)O[Si](C)(OCCOC(=O)C=C)O[Si](C)(OCCOC(=O)C=C)O1. The molecule has 2 rings (SSSR count). The Hall–Kier alpha value is -5.50. The van der Waals surface area contributed by atoms with Crippen LogP contribution >= 0.6 is 0 Å². The maximum Gasteiger partial charge on any atom is 0.483 e. The Bertz CT molecular complexity index is 3240. The van der Waals surface area contributed by atoms with Crippen molar-refractivity contribution in [1.82, 2.24) is 5.32 Å². The van der Waals surface area contributed by atoms with E-state index >= 15 is 4.39 Å². The maximum absolute atomic E-state index is 15.2. The fourth-order valence-electron chi connectivity index (χ4n) is 10.0. The lowest BCUT2D eigenvalue weighted by Crippen LogP contribution is -2.70. The number of nitrogens with one attached hydrogen (secondary N) is 1. The van der Waals surface area contributed by atoms with Crippen molar-refractivity contribution in [3.8, 4) is 0 Å². The molecule has 1 N–H and O–H groups in total. The second-order valence-electron chi connectivity index (χ2n) is 25.8. The number of alkyl halides is 19. The Morgan fingerprint density at radius 2 is 0.610 bits per heavy atom. The molecule has 0 aromatic carbocycles. The van der Waals surface area contributed by atoms with Crippen LogP contribution in [0.3, 0.4) is 0 Å². The Balaban J connectivity index is 0.00000119. The van der Waals surface area contributed by atoms with Crippen LogP contribution in [0.25, 0.3) is 0 Å². The highest BCUT2D eigenvalue weighted by atomic mass is 28.6. The van der Waals surface area contributed by atoms with Gasteiger partial charge in [0.15, 0.2) is 0 Å². The number of hydrogen-bond donors (Lipinski definition) is 1. The van der Waals surface area contributed by atoms with Gasteiger partial charge in [0, 0.05) is 95.6 Å². The molecule has 57 heteroatoms. The molecule has 2 aliphatic rings. The van der Waals surface area contributed by atoms with Crippen LogP contribution < -0.4 is 5.32 Å². The van der Waals surface area contributed by atoms with E-state index in [0.717, 1.165) is 36.5 Å². The van der Waals surface area contributed by atoms with E-state index in [1.165, 1.54) is 52.4 Å². The van der Waals surface area contributed by atoms with E-state index in [-0.39, 0.29) is 111 Å². The fourth-order valence-corrected chi connectivity index (χ4v) is 46.6. The van der Waals surface area contributed by atoms with Gasteiger partial charge in [-0.15, -0.1) is 0 Å². The van der Waals surface area contributed by atoms with Gasteiger partial charge in [0.25, 0.3) is 29.5 Å². The van der Waals surface area contributed by atoms with Gasteiger partial charge in [-0.3, -0.25) is 9.53 Å². The van der Waals surface area contributed by atoms with Gasteiger partial charge in [0.1, 0.15) is 59.1 Å². The normalized spacial score (nSPS) is 25.3. The first-order valence-electron chi connectivity index (χ1n) is 34.6. The molecule has 682 valence electrons. The van der Waals surface area contributed by atoms with Crippen LogP contribution in [-0.2, 0) is 131 Å². The Labute approximate surface area is 674 Å². The van der Waals surface area contributed by atoms with Gasteiger partial charge in [-0.05, 0) is 38.0 Å². The summed E-state index contributed by atoms with van der Waals surface area (Å²) in [6.45, 7) is 24.0. The van der Waals surface area contributed by atoms with E-state index in [4.69, 9.17) is 87.9 Å². The van der Waals surface area contributed by atoms with Crippen molar-refractivity contribution in [2.24, 2.45) is 0 Å². The molecule has 6 atom stereocenters. The Morgan fingerprint density at radius 3 is 0.881 bits per heavy atom. The molecule has 30 nitrogen and oxygen atoms in total. The number of amides is 1. The summed E-state index contributed by atoms with van der Waals surface area (Å²) in [6, 6.07) is -0.375. The molecule has 1 amide bonds. The highest BCUT2D eigenvalue weighted by Crippen LogP contribution is 2.47. The summed E-state index contributed by atoms with van der Waals surface area (Å²) < 4.78 is 379. The smallest absolute Gasteiger partial charge is 0.460 e. The van der Waals surface area contributed by atoms with Crippen LogP contribution in [0.5, 0.6) is 0 Å². The molecule has 0 aromatic heterocycles. The third kappa shape index (κ3) is 45.0. The first kappa shape index (κ1) is 111. The van der Waals surface area contributed by atoms with Crippen molar-refractivity contribution in [2.75, 3.05) is 92.4 Å². The van der Waals surface area contributed by atoms with Crippen molar-refractivity contribution in [3.05, 3.63) is 75.9 Å². The number of hydrogen-bond acceptors (Lipinski definition) is 29. The highest BCUT2D eigenvalue weighted by molar-refractivity contribution is 6.90. The van der Waals surface area contributed by atoms with Crippen molar-refractivity contribution in [3.63, 3.8) is 0 Å². The summed E-state index contributed by atoms with van der Waals surface area (Å²) in [5.74, 6) is -30.2. The molecule has 0 aliphatic carbocycles. The van der Waals surface area contributed by atoms with Crippen LogP contribution in [0.4, 0.5) is 83.4 Å². The van der Waals surface area contributed by atoms with E-state index in [9.17, 15) is 113 Å². The molecule has 0 bridgehead atoms. The van der Waals surface area contributed by atoms with E-state index in [1.807, 2.05) is 5.32 Å². The van der Waals surface area contributed by atoms with Crippen molar-refractivity contribution < 1.29 is 214 Å². The predicted molar refractivity (Wildman–Crippen MR) is 382 cm³/mol. The largest absolute Gasteiger partial charge is 0.483 e. The van der Waals surface area contributed by atoms with Crippen molar-refractivity contribution in [2.45, 2.75) is 177 Å². The second kappa shape index (κ2) is 46.8. The zero-order valence-electron chi connectivity index (χ0n) is 65.2. The van der Waals surface area contributed by atoms with Gasteiger partial charge < -0.3 is 98.0 Å². The molecular weight excluding hydrogens is 1800 g/mol. The minimum Gasteiger partial charge on any atom is -0.460 e. The second-order valence-corrected chi connectivity index (χ2v) is 50.0. The van der Waals surface area contributed by atoms with Crippen molar-refractivity contribution >= 4 is 112 Å². The molecule has 2 saturated heterocycles. The number of ether oxygens (including phenoxy) is 8. The minimum atomic E-state index is -6.50. The summed E-state index contributed by atoms with van der Waals surface area (Å²) in [6.07, 6.45) is -31.8. The monoisotopic (exact) mass is 1890 g/mol. The molecule has 6 unspecified atom stereocenters. The number of carbonyl (C=O) groups is 7. The summed E-state index contributed by atoms with van der Waals surface area (Å²) in [5, 5.41) is 1.93. The molecule has 2 fully saturated rings. The predicted octanol–water partition coefficient (Wildman–Crippen LogP) is 12.0. The van der Waals surface area contributed by atoms with Crippen LogP contribution in [-0.4, -0.2) is 258 Å². The number of carbonyl (C=O) groups excluding carboxylic acids is 7. The molecule has 2 heterocycles. The van der Waals surface area contributed by atoms with Gasteiger partial charge in [-0.25, -0.2) is 59.5 Å². The summed E-state index contributed by atoms with van der Waals surface area (Å²) in [4.78, 5) is 82.0. The van der Waals surface area contributed by atoms with Gasteiger partial charge in [-0.2, -0.15) is 52.7 Å². The first-order valence-corrected chi connectivity index (χ1v) is 53.0. The molecule has 0 radical (unpaired) electrons. The van der Waals surface area contributed by atoms with Crippen LogP contribution in [0, 0.1) is 0 Å². The number of esters is 6. The maximum atomic E-state index is 15.2. The van der Waals surface area contributed by atoms with Gasteiger partial charge in [-0.1, -0.05) is 45.9 Å². The third-order valence-corrected chi connectivity index (χ3v) is 45.9. The lowest BCUT2D eigenvalue weighted by atomic mass is 9.98. The molecule has 0 saturated carbocycles. The summed E-state index contributed by atoms with van der Waals surface area (Å²) >= 11 is 0. The van der Waals surface area contributed by atoms with Gasteiger partial charge in [0.2, 0.25) is 0 Å². The number of halogens is 19. The number of unbranched alkanes of at least 4 members (excludes halogenated alkanes) is 1. The standard InChI is InChI=1S/C31H47F10NO16Si4.C30H47F9O13Si4/c1-9-23(43)47-14-17-51-60(6)55-59(5,56-61(7,52-18-15-48-24(44)10-2)58-62(8,57-60)53-19-16-49-25(45)11-3)20-12-13-42-26(46)27(4,32)50-22-28(33,31(39,40)41)54-30(37,38)21-29(34,35)36;1-8-24(40)43-14-17-46-54(5)49-53(4,20-12-11-13-27(31,32)21-28(33,34)22-29(35,36)23-30(37,38)39)50-55(6,47-18-15-44-25(41)9-2)52-56(7,51-54)48-19-16-45-26(42)10-3/h9-11H,1-3,12-22H2,4-8H3,(H,42,46);8-10H,1-3,11-23H2,4-7H3. The Morgan fingerprint density at radius 1 is 0.347 bits per heavy atom. The molecule has 2 aliphatic heterocycles. The summed E-state index contributed by atoms with van der Waals surface area (Å²) in [7, 11) is -32.1. The minimum absolute atomic E-state index is 0.159. The van der Waals surface area contributed by atoms with Crippen LogP contribution in [0.1, 0.15) is 58.3 Å². The number of rotatable bonds is 51. The zero-order chi connectivity index (χ0) is 91.0. The van der Waals surface area contributed by atoms with E-state index in [0.29, 0.717) is 0 Å².